The number of ether oxygens (including phenoxy) is 1. The summed E-state index contributed by atoms with van der Waals surface area (Å²) in [6, 6.07) is 14.1. The summed E-state index contributed by atoms with van der Waals surface area (Å²) in [7, 11) is 1.49. The van der Waals surface area contributed by atoms with Gasteiger partial charge in [-0.3, -0.25) is 9.59 Å². The molecule has 0 bridgehead atoms. The second-order valence-corrected chi connectivity index (χ2v) is 6.14. The summed E-state index contributed by atoms with van der Waals surface area (Å²) in [6.45, 7) is 1.67. The van der Waals surface area contributed by atoms with E-state index in [-0.39, 0.29) is 12.3 Å². The van der Waals surface area contributed by atoms with Crippen LogP contribution in [0, 0.1) is 0 Å². The van der Waals surface area contributed by atoms with Crippen LogP contribution in [-0.2, 0) is 4.79 Å². The fraction of sp³-hybridized carbons (Fsp3) is 0.167. The van der Waals surface area contributed by atoms with Gasteiger partial charge in [0.25, 0.3) is 5.91 Å². The molecular weight excluding hydrogens is 386 g/mol. The predicted octanol–water partition coefficient (Wildman–Crippen LogP) is 3.59. The van der Waals surface area contributed by atoms with Crippen LogP contribution in [0.3, 0.4) is 0 Å². The Morgan fingerprint density at radius 2 is 1.80 bits per heavy atom. The first-order valence-electron chi connectivity index (χ1n) is 7.51. The van der Waals surface area contributed by atoms with Crippen LogP contribution in [0.2, 0.25) is 0 Å². The normalized spacial score (nSPS) is 10.9. The van der Waals surface area contributed by atoms with Crippen molar-refractivity contribution in [2.45, 2.75) is 13.3 Å². The second kappa shape index (κ2) is 8.98. The van der Waals surface area contributed by atoms with Crippen LogP contribution in [0.4, 0.5) is 5.69 Å². The highest BCUT2D eigenvalue weighted by Gasteiger charge is 2.11. The summed E-state index contributed by atoms with van der Waals surface area (Å²) in [6.07, 6.45) is 0.0717. The zero-order valence-corrected chi connectivity index (χ0v) is 15.5. The highest BCUT2D eigenvalue weighted by molar-refractivity contribution is 9.10. The van der Waals surface area contributed by atoms with E-state index in [0.717, 1.165) is 4.47 Å². The lowest BCUT2D eigenvalue weighted by atomic mass is 10.2. The zero-order chi connectivity index (χ0) is 18.2. The van der Waals surface area contributed by atoms with Gasteiger partial charge < -0.3 is 10.1 Å². The van der Waals surface area contributed by atoms with Crippen molar-refractivity contribution in [2.75, 3.05) is 12.4 Å². The Hall–Kier alpha value is -2.67. The first-order chi connectivity index (χ1) is 12.0. The van der Waals surface area contributed by atoms with Crippen LogP contribution >= 0.6 is 15.9 Å². The summed E-state index contributed by atoms with van der Waals surface area (Å²) in [5.74, 6) is -0.152. The minimum Gasteiger partial charge on any atom is -0.496 e. The molecule has 0 radical (unpaired) electrons. The van der Waals surface area contributed by atoms with Crippen molar-refractivity contribution >= 4 is 39.1 Å². The quantitative estimate of drug-likeness (QED) is 0.571. The van der Waals surface area contributed by atoms with Crippen molar-refractivity contribution in [3.8, 4) is 5.75 Å². The Morgan fingerprint density at radius 3 is 2.48 bits per heavy atom. The Kier molecular flexibility index (Phi) is 6.71. The molecule has 2 rings (SSSR count). The van der Waals surface area contributed by atoms with Crippen molar-refractivity contribution in [3.63, 3.8) is 0 Å². The molecule has 2 N–H and O–H groups in total. The minimum atomic E-state index is -0.398. The number of hydrogen-bond donors (Lipinski definition) is 2. The summed E-state index contributed by atoms with van der Waals surface area (Å²) < 4.78 is 6.07. The molecule has 6 nitrogen and oxygen atoms in total. The van der Waals surface area contributed by atoms with E-state index in [1.54, 1.807) is 43.3 Å². The Labute approximate surface area is 154 Å². The van der Waals surface area contributed by atoms with Gasteiger partial charge in [0.15, 0.2) is 0 Å². The van der Waals surface area contributed by atoms with E-state index in [2.05, 4.69) is 31.8 Å². The molecule has 0 saturated heterocycles. The smallest absolute Gasteiger partial charge is 0.275 e. The zero-order valence-electron chi connectivity index (χ0n) is 13.9. The van der Waals surface area contributed by atoms with E-state index in [1.165, 1.54) is 7.11 Å². The third-order valence-corrected chi connectivity index (χ3v) is 3.77. The SMILES string of the molecule is COc1ccccc1C(=O)N/N=C(\C)CC(=O)Nc1ccc(Br)cc1. The first-order valence-corrected chi connectivity index (χ1v) is 8.31. The van der Waals surface area contributed by atoms with Gasteiger partial charge in [-0.25, -0.2) is 5.43 Å². The molecule has 25 heavy (non-hydrogen) atoms. The Balaban J connectivity index is 1.91. The van der Waals surface area contributed by atoms with E-state index < -0.39 is 5.91 Å². The molecule has 2 aromatic rings. The maximum atomic E-state index is 12.1. The van der Waals surface area contributed by atoms with E-state index in [9.17, 15) is 9.59 Å². The van der Waals surface area contributed by atoms with Crippen molar-refractivity contribution in [1.82, 2.24) is 5.43 Å². The molecule has 0 saturated carbocycles. The maximum Gasteiger partial charge on any atom is 0.275 e. The standard InChI is InChI=1S/C18H18BrN3O3/c1-12(11-17(23)20-14-9-7-13(19)8-10-14)21-22-18(24)15-5-3-4-6-16(15)25-2/h3-10H,11H2,1-2H3,(H,20,23)(H,22,24)/b21-12+. The fourth-order valence-electron chi connectivity index (χ4n) is 2.05. The molecular formula is C18H18BrN3O3. The average molecular weight is 404 g/mol. The molecule has 0 fully saturated rings. The lowest BCUT2D eigenvalue weighted by Crippen LogP contribution is -2.22. The molecule has 2 aromatic carbocycles. The fourth-order valence-corrected chi connectivity index (χ4v) is 2.31. The lowest BCUT2D eigenvalue weighted by Gasteiger charge is -2.07. The highest BCUT2D eigenvalue weighted by Crippen LogP contribution is 2.17. The lowest BCUT2D eigenvalue weighted by molar-refractivity contribution is -0.115. The van der Waals surface area contributed by atoms with Gasteiger partial charge in [-0.05, 0) is 43.3 Å². The molecule has 0 aromatic heterocycles. The topological polar surface area (TPSA) is 79.8 Å². The van der Waals surface area contributed by atoms with E-state index >= 15 is 0 Å². The Bertz CT molecular complexity index is 788. The van der Waals surface area contributed by atoms with Crippen LogP contribution in [0.5, 0.6) is 5.75 Å². The number of carbonyl (C=O) groups excluding carboxylic acids is 2. The minimum absolute atomic E-state index is 0.0717. The molecule has 0 spiro atoms. The van der Waals surface area contributed by atoms with Crippen LogP contribution in [0.1, 0.15) is 23.7 Å². The molecule has 2 amide bonds. The van der Waals surface area contributed by atoms with Gasteiger partial charge in [0.1, 0.15) is 5.75 Å². The van der Waals surface area contributed by atoms with Gasteiger partial charge in [0, 0.05) is 15.9 Å². The first kappa shape index (κ1) is 18.7. The molecule has 0 aliphatic rings. The number of rotatable bonds is 6. The van der Waals surface area contributed by atoms with Gasteiger partial charge in [-0.2, -0.15) is 5.10 Å². The van der Waals surface area contributed by atoms with Crippen molar-refractivity contribution in [1.29, 1.82) is 0 Å². The number of nitrogens with zero attached hydrogens (tertiary/aromatic N) is 1. The number of para-hydroxylation sites is 1. The average Bonchev–Trinajstić information content (AvgIpc) is 2.61. The molecule has 0 unspecified atom stereocenters. The third kappa shape index (κ3) is 5.72. The molecule has 130 valence electrons. The van der Waals surface area contributed by atoms with Gasteiger partial charge >= 0.3 is 0 Å². The van der Waals surface area contributed by atoms with Crippen molar-refractivity contribution < 1.29 is 14.3 Å². The van der Waals surface area contributed by atoms with E-state index in [0.29, 0.717) is 22.7 Å². The van der Waals surface area contributed by atoms with Gasteiger partial charge in [0.2, 0.25) is 5.91 Å². The number of anilines is 1. The predicted molar refractivity (Wildman–Crippen MR) is 101 cm³/mol. The van der Waals surface area contributed by atoms with E-state index in [4.69, 9.17) is 4.74 Å². The number of nitrogens with one attached hydrogen (secondary N) is 2. The van der Waals surface area contributed by atoms with Crippen LogP contribution in [0.25, 0.3) is 0 Å². The summed E-state index contributed by atoms with van der Waals surface area (Å²) in [5, 5.41) is 6.73. The largest absolute Gasteiger partial charge is 0.496 e. The number of hydrogen-bond acceptors (Lipinski definition) is 4. The maximum absolute atomic E-state index is 12.1. The van der Waals surface area contributed by atoms with Crippen LogP contribution < -0.4 is 15.5 Å². The second-order valence-electron chi connectivity index (χ2n) is 5.22. The number of halogens is 1. The summed E-state index contributed by atoms with van der Waals surface area (Å²) in [5.41, 5.74) is 3.99. The number of methoxy groups -OCH3 is 1. The molecule has 0 atom stereocenters. The summed E-state index contributed by atoms with van der Waals surface area (Å²) >= 11 is 3.33. The molecule has 0 aliphatic heterocycles. The number of carbonyl (C=O) groups is 2. The number of benzene rings is 2. The van der Waals surface area contributed by atoms with Crippen molar-refractivity contribution in [3.05, 3.63) is 58.6 Å². The van der Waals surface area contributed by atoms with Gasteiger partial charge in [-0.15, -0.1) is 0 Å². The monoisotopic (exact) mass is 403 g/mol. The van der Waals surface area contributed by atoms with Gasteiger partial charge in [0.05, 0.1) is 19.1 Å². The highest BCUT2D eigenvalue weighted by atomic mass is 79.9. The number of amides is 2. The Morgan fingerprint density at radius 1 is 1.12 bits per heavy atom. The van der Waals surface area contributed by atoms with Crippen molar-refractivity contribution in [2.24, 2.45) is 5.10 Å². The third-order valence-electron chi connectivity index (χ3n) is 3.24. The van der Waals surface area contributed by atoms with Crippen LogP contribution in [0.15, 0.2) is 58.1 Å². The van der Waals surface area contributed by atoms with E-state index in [1.807, 2.05) is 12.1 Å². The molecule has 7 heteroatoms. The molecule has 0 heterocycles. The van der Waals surface area contributed by atoms with Gasteiger partial charge in [-0.1, -0.05) is 28.1 Å². The number of hydrazone groups is 1. The summed E-state index contributed by atoms with van der Waals surface area (Å²) in [4.78, 5) is 24.1. The molecule has 0 aliphatic carbocycles. The van der Waals surface area contributed by atoms with Crippen LogP contribution in [-0.4, -0.2) is 24.6 Å².